The van der Waals surface area contributed by atoms with Crippen LogP contribution in [0.1, 0.15) is 57.1 Å². The second kappa shape index (κ2) is 5.21. The monoisotopic (exact) mass is 285 g/mol. The van der Waals surface area contributed by atoms with E-state index < -0.39 is 0 Å². The van der Waals surface area contributed by atoms with Gasteiger partial charge in [-0.25, -0.2) is 0 Å². The van der Waals surface area contributed by atoms with E-state index in [0.29, 0.717) is 5.75 Å². The smallest absolute Gasteiger partial charge is 0.217 e. The Hall–Kier alpha value is -1.77. The molecule has 0 saturated heterocycles. The van der Waals surface area contributed by atoms with Crippen LogP contribution in [0.3, 0.4) is 0 Å². The Morgan fingerprint density at radius 3 is 2.90 bits per heavy atom. The Balaban J connectivity index is 2.16. The fourth-order valence-corrected chi connectivity index (χ4v) is 3.96. The summed E-state index contributed by atoms with van der Waals surface area (Å²) in [6, 6.07) is 5.66. The van der Waals surface area contributed by atoms with Crippen LogP contribution in [-0.2, 0) is 10.2 Å². The van der Waals surface area contributed by atoms with Crippen LogP contribution in [0.15, 0.2) is 23.8 Å². The van der Waals surface area contributed by atoms with Crippen LogP contribution in [0, 0.1) is 0 Å². The third-order valence-corrected chi connectivity index (χ3v) is 5.01. The first-order chi connectivity index (χ1) is 10.0. The molecule has 2 unspecified atom stereocenters. The van der Waals surface area contributed by atoms with Gasteiger partial charge < -0.3 is 10.4 Å². The van der Waals surface area contributed by atoms with Gasteiger partial charge in [0.25, 0.3) is 0 Å². The van der Waals surface area contributed by atoms with E-state index in [4.69, 9.17) is 0 Å². The van der Waals surface area contributed by atoms with Crippen molar-refractivity contribution in [1.82, 2.24) is 5.32 Å². The number of hydrogen-bond donors (Lipinski definition) is 2. The molecule has 2 aliphatic rings. The Morgan fingerprint density at radius 2 is 2.14 bits per heavy atom. The van der Waals surface area contributed by atoms with Gasteiger partial charge in [0.15, 0.2) is 0 Å². The second-order valence-corrected chi connectivity index (χ2v) is 6.60. The van der Waals surface area contributed by atoms with Crippen LogP contribution >= 0.6 is 0 Å². The lowest BCUT2D eigenvalue weighted by atomic mass is 9.63. The molecule has 0 radical (unpaired) electrons. The summed E-state index contributed by atoms with van der Waals surface area (Å²) in [6.45, 7) is 3.81. The number of benzene rings is 1. The Labute approximate surface area is 126 Å². The van der Waals surface area contributed by atoms with Gasteiger partial charge in [0.05, 0.1) is 6.04 Å². The molecular weight excluding hydrogens is 262 g/mol. The minimum Gasteiger partial charge on any atom is -0.508 e. The van der Waals surface area contributed by atoms with Crippen molar-refractivity contribution in [2.24, 2.45) is 0 Å². The highest BCUT2D eigenvalue weighted by Gasteiger charge is 2.42. The third kappa shape index (κ3) is 2.45. The van der Waals surface area contributed by atoms with Gasteiger partial charge in [-0.3, -0.25) is 4.79 Å². The summed E-state index contributed by atoms with van der Waals surface area (Å²) in [5.74, 6) is 0.316. The Morgan fingerprint density at radius 1 is 1.33 bits per heavy atom. The standard InChI is InChI=1S/C18H23NO2/c1-12(20)19-17-14-6-4-3-5-9-18(17,2)16-11-15(21)8-7-13(16)10-14/h7-8,10-11,17,21H,3-6,9H2,1-2H3,(H,19,20). The van der Waals surface area contributed by atoms with Crippen LogP contribution in [0.4, 0.5) is 0 Å². The molecular formula is C18H23NO2. The van der Waals surface area contributed by atoms with Gasteiger partial charge in [-0.05, 0) is 48.1 Å². The predicted molar refractivity (Wildman–Crippen MR) is 84.1 cm³/mol. The zero-order valence-electron chi connectivity index (χ0n) is 12.8. The summed E-state index contributed by atoms with van der Waals surface area (Å²) < 4.78 is 0. The molecule has 0 heterocycles. The van der Waals surface area contributed by atoms with Crippen molar-refractivity contribution in [3.8, 4) is 5.75 Å². The van der Waals surface area contributed by atoms with Crippen LogP contribution in [0.5, 0.6) is 5.75 Å². The molecule has 1 saturated carbocycles. The summed E-state index contributed by atoms with van der Waals surface area (Å²) >= 11 is 0. The maximum absolute atomic E-state index is 11.7. The van der Waals surface area contributed by atoms with E-state index in [-0.39, 0.29) is 17.4 Å². The van der Waals surface area contributed by atoms with E-state index in [1.165, 1.54) is 24.0 Å². The highest BCUT2D eigenvalue weighted by molar-refractivity contribution is 5.76. The lowest BCUT2D eigenvalue weighted by molar-refractivity contribution is -0.119. The second-order valence-electron chi connectivity index (χ2n) is 6.60. The fraction of sp³-hybridized carbons (Fsp3) is 0.500. The summed E-state index contributed by atoms with van der Waals surface area (Å²) in [7, 11) is 0. The highest BCUT2D eigenvalue weighted by Crippen LogP contribution is 2.46. The van der Waals surface area contributed by atoms with Crippen molar-refractivity contribution in [2.45, 2.75) is 57.4 Å². The first kappa shape index (κ1) is 14.2. The lowest BCUT2D eigenvalue weighted by Gasteiger charge is -2.45. The molecule has 2 N–H and O–H groups in total. The Kier molecular flexibility index (Phi) is 3.52. The molecule has 1 aromatic carbocycles. The first-order valence-electron chi connectivity index (χ1n) is 7.82. The normalized spacial score (nSPS) is 27.9. The van der Waals surface area contributed by atoms with Crippen molar-refractivity contribution < 1.29 is 9.90 Å². The number of aromatic hydroxyl groups is 1. The van der Waals surface area contributed by atoms with E-state index in [1.807, 2.05) is 12.1 Å². The quantitative estimate of drug-likeness (QED) is 0.829. The summed E-state index contributed by atoms with van der Waals surface area (Å²) in [5, 5.41) is 13.0. The molecule has 0 spiro atoms. The largest absolute Gasteiger partial charge is 0.508 e. The average molecular weight is 285 g/mol. The molecule has 2 atom stereocenters. The van der Waals surface area contributed by atoms with Gasteiger partial charge >= 0.3 is 0 Å². The van der Waals surface area contributed by atoms with E-state index >= 15 is 0 Å². The summed E-state index contributed by atoms with van der Waals surface area (Å²) in [4.78, 5) is 11.7. The molecule has 2 bridgehead atoms. The number of carbonyl (C=O) groups excluding carboxylic acids is 1. The van der Waals surface area contributed by atoms with Crippen LogP contribution < -0.4 is 5.32 Å². The zero-order chi connectivity index (χ0) is 15.0. The maximum atomic E-state index is 11.7. The molecule has 21 heavy (non-hydrogen) atoms. The van der Waals surface area contributed by atoms with E-state index in [0.717, 1.165) is 24.8 Å². The molecule has 3 rings (SSSR count). The minimum absolute atomic E-state index is 0.0151. The molecule has 0 aromatic heterocycles. The Bertz CT molecular complexity index is 605. The van der Waals surface area contributed by atoms with Gasteiger partial charge in [-0.2, -0.15) is 0 Å². The average Bonchev–Trinajstić information content (AvgIpc) is 2.42. The number of fused-ring (bicyclic) bond motifs is 4. The third-order valence-electron chi connectivity index (χ3n) is 5.01. The number of rotatable bonds is 1. The van der Waals surface area contributed by atoms with E-state index in [9.17, 15) is 9.90 Å². The van der Waals surface area contributed by atoms with Crippen LogP contribution in [0.25, 0.3) is 6.08 Å². The van der Waals surface area contributed by atoms with Gasteiger partial charge in [0.2, 0.25) is 5.91 Å². The molecule has 1 aromatic rings. The van der Waals surface area contributed by atoms with Crippen molar-refractivity contribution in [1.29, 1.82) is 0 Å². The predicted octanol–water partition coefficient (Wildman–Crippen LogP) is 3.52. The first-order valence-corrected chi connectivity index (χ1v) is 7.82. The van der Waals surface area contributed by atoms with Crippen LogP contribution in [0.2, 0.25) is 0 Å². The molecule has 112 valence electrons. The van der Waals surface area contributed by atoms with Crippen molar-refractivity contribution >= 4 is 12.0 Å². The number of carbonyl (C=O) groups is 1. The van der Waals surface area contributed by atoms with E-state index in [2.05, 4.69) is 18.3 Å². The van der Waals surface area contributed by atoms with Crippen molar-refractivity contribution in [3.63, 3.8) is 0 Å². The minimum atomic E-state index is -0.135. The molecule has 2 aliphatic carbocycles. The fourth-order valence-electron chi connectivity index (χ4n) is 3.96. The molecule has 1 fully saturated rings. The van der Waals surface area contributed by atoms with Crippen molar-refractivity contribution in [3.05, 3.63) is 34.9 Å². The maximum Gasteiger partial charge on any atom is 0.217 e. The SMILES string of the molecule is CC(=O)NC1C2=Cc3ccc(O)cc3C1(C)CCCCC2. The molecule has 3 nitrogen and oxygen atoms in total. The highest BCUT2D eigenvalue weighted by atomic mass is 16.3. The number of nitrogens with one attached hydrogen (secondary N) is 1. The number of phenols is 1. The molecule has 3 heteroatoms. The number of phenolic OH excluding ortho intramolecular Hbond substituents is 1. The van der Waals surface area contributed by atoms with Gasteiger partial charge in [0, 0.05) is 12.3 Å². The summed E-state index contributed by atoms with van der Waals surface area (Å²) in [5.41, 5.74) is 3.54. The number of amides is 1. The van der Waals surface area contributed by atoms with Gasteiger partial charge in [-0.15, -0.1) is 0 Å². The zero-order valence-corrected chi connectivity index (χ0v) is 12.8. The summed E-state index contributed by atoms with van der Waals surface area (Å²) in [6.07, 6.45) is 7.86. The van der Waals surface area contributed by atoms with Crippen molar-refractivity contribution in [2.75, 3.05) is 0 Å². The van der Waals surface area contributed by atoms with E-state index in [1.54, 1.807) is 13.0 Å². The number of hydrogen-bond acceptors (Lipinski definition) is 2. The van der Waals surface area contributed by atoms with Gasteiger partial charge in [-0.1, -0.05) is 31.9 Å². The topological polar surface area (TPSA) is 49.3 Å². The van der Waals surface area contributed by atoms with Gasteiger partial charge in [0.1, 0.15) is 5.75 Å². The lowest BCUT2D eigenvalue weighted by Crippen LogP contribution is -2.51. The van der Waals surface area contributed by atoms with Crippen LogP contribution in [-0.4, -0.2) is 17.1 Å². The molecule has 0 aliphatic heterocycles. The molecule has 1 amide bonds.